The van der Waals surface area contributed by atoms with Crippen LogP contribution in [0.3, 0.4) is 0 Å². The van der Waals surface area contributed by atoms with E-state index in [9.17, 15) is 13.2 Å². The molecule has 1 fully saturated rings. The third-order valence-electron chi connectivity index (χ3n) is 6.40. The van der Waals surface area contributed by atoms with Gasteiger partial charge in [0.15, 0.2) is 0 Å². The van der Waals surface area contributed by atoms with Crippen molar-refractivity contribution >= 4 is 27.3 Å². The highest BCUT2D eigenvalue weighted by atomic mass is 32.2. The molecule has 0 aliphatic carbocycles. The number of carbonyl (C=O) groups excluding carboxylic acids is 1. The van der Waals surface area contributed by atoms with Crippen molar-refractivity contribution in [3.63, 3.8) is 0 Å². The van der Waals surface area contributed by atoms with Gasteiger partial charge in [-0.3, -0.25) is 9.69 Å². The number of sulfonamides is 1. The normalized spacial score (nSPS) is 20.4. The fourth-order valence-electron chi connectivity index (χ4n) is 4.49. The monoisotopic (exact) mass is 461 g/mol. The molecule has 2 aromatic rings. The summed E-state index contributed by atoms with van der Waals surface area (Å²) in [6, 6.07) is 7.07. The summed E-state index contributed by atoms with van der Waals surface area (Å²) in [4.78, 5) is 16.9. The van der Waals surface area contributed by atoms with Crippen molar-refractivity contribution in [2.45, 2.75) is 57.0 Å². The van der Waals surface area contributed by atoms with Crippen molar-refractivity contribution < 1.29 is 13.2 Å². The summed E-state index contributed by atoms with van der Waals surface area (Å²) in [5.41, 5.74) is 2.61. The maximum Gasteiger partial charge on any atom is 0.251 e. The Morgan fingerprint density at radius 2 is 2.06 bits per heavy atom. The molecule has 1 unspecified atom stereocenters. The van der Waals surface area contributed by atoms with Gasteiger partial charge in [-0.25, -0.2) is 8.42 Å². The average Bonchev–Trinajstić information content (AvgIpc) is 3.22. The minimum absolute atomic E-state index is 0.00869. The highest BCUT2D eigenvalue weighted by Gasteiger charge is 2.31. The zero-order valence-corrected chi connectivity index (χ0v) is 19.9. The molecule has 3 heterocycles. The van der Waals surface area contributed by atoms with Crippen LogP contribution in [-0.2, 0) is 23.0 Å². The number of rotatable bonds is 6. The Morgan fingerprint density at radius 1 is 1.23 bits per heavy atom. The number of hydrogen-bond acceptors (Lipinski definition) is 5. The summed E-state index contributed by atoms with van der Waals surface area (Å²) >= 11 is 1.82. The number of thiophene rings is 1. The number of piperidine rings is 1. The Bertz CT molecular complexity index is 1050. The van der Waals surface area contributed by atoms with Gasteiger partial charge in [0.05, 0.1) is 4.90 Å². The Morgan fingerprint density at radius 3 is 2.87 bits per heavy atom. The standard InChI is InChI=1S/C23H31N3O3S2/c1-17-6-7-20(31(28,29)26-11-4-3-5-18(26)2)15-21(17)23(27)24-10-13-25-12-8-22-19(16-25)9-14-30-22/h6-7,9,14-15,18H,3-5,8,10-13,16H2,1-2H3,(H,24,27). The van der Waals surface area contributed by atoms with E-state index in [1.807, 2.05) is 25.2 Å². The van der Waals surface area contributed by atoms with Crippen LogP contribution in [0.1, 0.15) is 52.5 Å². The topological polar surface area (TPSA) is 69.7 Å². The molecule has 0 saturated carbocycles. The summed E-state index contributed by atoms with van der Waals surface area (Å²) in [6.45, 7) is 7.59. The van der Waals surface area contributed by atoms with E-state index < -0.39 is 10.0 Å². The maximum absolute atomic E-state index is 13.2. The van der Waals surface area contributed by atoms with Gasteiger partial charge < -0.3 is 5.32 Å². The van der Waals surface area contributed by atoms with Crippen LogP contribution in [-0.4, -0.2) is 55.8 Å². The molecular formula is C23H31N3O3S2. The lowest BCUT2D eigenvalue weighted by Gasteiger charge is -2.32. The molecule has 0 spiro atoms. The Hall–Kier alpha value is -1.74. The molecule has 1 N–H and O–H groups in total. The van der Waals surface area contributed by atoms with Gasteiger partial charge >= 0.3 is 0 Å². The molecule has 6 nitrogen and oxygen atoms in total. The molecule has 2 aliphatic heterocycles. The van der Waals surface area contributed by atoms with Crippen LogP contribution in [0.25, 0.3) is 0 Å². The first-order valence-corrected chi connectivity index (χ1v) is 13.4. The second-order valence-corrected chi connectivity index (χ2v) is 11.5. The van der Waals surface area contributed by atoms with Crippen LogP contribution < -0.4 is 5.32 Å². The van der Waals surface area contributed by atoms with Crippen LogP contribution >= 0.6 is 11.3 Å². The van der Waals surface area contributed by atoms with Crippen molar-refractivity contribution in [1.29, 1.82) is 0 Å². The van der Waals surface area contributed by atoms with E-state index >= 15 is 0 Å². The summed E-state index contributed by atoms with van der Waals surface area (Å²) in [5.74, 6) is -0.213. The molecule has 0 radical (unpaired) electrons. The highest BCUT2D eigenvalue weighted by Crippen LogP contribution is 2.27. The van der Waals surface area contributed by atoms with Crippen LogP contribution in [0.5, 0.6) is 0 Å². The first-order chi connectivity index (χ1) is 14.9. The third kappa shape index (κ3) is 4.87. The Balaban J connectivity index is 1.40. The number of nitrogens with one attached hydrogen (secondary N) is 1. The first kappa shape index (κ1) is 22.5. The van der Waals surface area contributed by atoms with Crippen LogP contribution in [0.15, 0.2) is 34.5 Å². The number of carbonyl (C=O) groups is 1. The van der Waals surface area contributed by atoms with Crippen molar-refractivity contribution in [2.75, 3.05) is 26.2 Å². The molecule has 1 saturated heterocycles. The maximum atomic E-state index is 13.2. The molecule has 1 amide bonds. The predicted molar refractivity (Wildman–Crippen MR) is 124 cm³/mol. The van der Waals surface area contributed by atoms with Gasteiger partial charge in [0.25, 0.3) is 5.91 Å². The smallest absolute Gasteiger partial charge is 0.251 e. The summed E-state index contributed by atoms with van der Waals surface area (Å²) in [7, 11) is -3.60. The number of aryl methyl sites for hydroxylation is 1. The minimum Gasteiger partial charge on any atom is -0.351 e. The summed E-state index contributed by atoms with van der Waals surface area (Å²) in [6.07, 6.45) is 3.88. The molecule has 1 aromatic carbocycles. The lowest BCUT2D eigenvalue weighted by Crippen LogP contribution is -2.42. The van der Waals surface area contributed by atoms with E-state index in [0.717, 1.165) is 50.9 Å². The highest BCUT2D eigenvalue weighted by molar-refractivity contribution is 7.89. The van der Waals surface area contributed by atoms with E-state index in [4.69, 9.17) is 0 Å². The van der Waals surface area contributed by atoms with Gasteiger partial charge in [0.2, 0.25) is 10.0 Å². The van der Waals surface area contributed by atoms with Gasteiger partial charge in [-0.1, -0.05) is 12.5 Å². The first-order valence-electron chi connectivity index (χ1n) is 11.0. The molecule has 31 heavy (non-hydrogen) atoms. The van der Waals surface area contributed by atoms with Crippen LogP contribution in [0.2, 0.25) is 0 Å². The fraction of sp³-hybridized carbons (Fsp3) is 0.522. The SMILES string of the molecule is Cc1ccc(S(=O)(=O)N2CCCCC2C)cc1C(=O)NCCN1CCc2sccc2C1. The van der Waals surface area contributed by atoms with Crippen LogP contribution in [0, 0.1) is 6.92 Å². The van der Waals surface area contributed by atoms with E-state index in [2.05, 4.69) is 21.7 Å². The summed E-state index contributed by atoms with van der Waals surface area (Å²) in [5, 5.41) is 5.13. The second kappa shape index (κ2) is 9.40. The molecule has 1 atom stereocenters. The average molecular weight is 462 g/mol. The van der Waals surface area contributed by atoms with Crippen molar-refractivity contribution in [2.24, 2.45) is 0 Å². The van der Waals surface area contributed by atoms with Crippen molar-refractivity contribution in [3.8, 4) is 0 Å². The van der Waals surface area contributed by atoms with Crippen molar-refractivity contribution in [3.05, 3.63) is 51.2 Å². The van der Waals surface area contributed by atoms with E-state index in [0.29, 0.717) is 18.7 Å². The quantitative estimate of drug-likeness (QED) is 0.716. The number of fused-ring (bicyclic) bond motifs is 1. The number of hydrogen-bond donors (Lipinski definition) is 1. The van der Waals surface area contributed by atoms with Crippen LogP contribution in [0.4, 0.5) is 0 Å². The Labute approximate surface area is 189 Å². The van der Waals surface area contributed by atoms with E-state index in [-0.39, 0.29) is 16.8 Å². The molecule has 0 bridgehead atoms. The molecule has 4 rings (SSSR count). The second-order valence-electron chi connectivity index (χ2n) is 8.59. The van der Waals surface area contributed by atoms with Crippen molar-refractivity contribution in [1.82, 2.24) is 14.5 Å². The fourth-order valence-corrected chi connectivity index (χ4v) is 7.11. The molecular weight excluding hydrogens is 430 g/mol. The van der Waals surface area contributed by atoms with Gasteiger partial charge in [0.1, 0.15) is 0 Å². The lowest BCUT2D eigenvalue weighted by molar-refractivity contribution is 0.0946. The molecule has 1 aromatic heterocycles. The summed E-state index contributed by atoms with van der Waals surface area (Å²) < 4.78 is 27.9. The number of nitrogens with zero attached hydrogens (tertiary/aromatic N) is 2. The van der Waals surface area contributed by atoms with Gasteiger partial charge in [-0.05, 0) is 67.8 Å². The zero-order chi connectivity index (χ0) is 22.0. The molecule has 8 heteroatoms. The zero-order valence-electron chi connectivity index (χ0n) is 18.3. The molecule has 168 valence electrons. The van der Waals surface area contributed by atoms with E-state index in [1.165, 1.54) is 10.4 Å². The van der Waals surface area contributed by atoms with E-state index in [1.54, 1.807) is 22.5 Å². The van der Waals surface area contributed by atoms with Gasteiger partial charge in [-0.2, -0.15) is 4.31 Å². The third-order valence-corrected chi connectivity index (χ3v) is 9.44. The lowest BCUT2D eigenvalue weighted by atomic mass is 10.1. The predicted octanol–water partition coefficient (Wildman–Crippen LogP) is 3.41. The minimum atomic E-state index is -3.60. The van der Waals surface area contributed by atoms with Gasteiger partial charge in [0, 0.05) is 49.2 Å². The molecule has 2 aliphatic rings. The number of benzene rings is 1. The largest absolute Gasteiger partial charge is 0.351 e. The Kier molecular flexibility index (Phi) is 6.81. The number of amides is 1. The van der Waals surface area contributed by atoms with Gasteiger partial charge in [-0.15, -0.1) is 11.3 Å².